The van der Waals surface area contributed by atoms with Gasteiger partial charge in [-0.05, 0) is 30.7 Å². The molecule has 0 spiro atoms. The number of amides is 3. The predicted molar refractivity (Wildman–Crippen MR) is 139 cm³/mol. The van der Waals surface area contributed by atoms with E-state index in [-0.39, 0.29) is 146 Å². The summed E-state index contributed by atoms with van der Waals surface area (Å²) in [6.45, 7) is 18.8. The molecule has 1 aromatic carbocycles. The maximum absolute atomic E-state index is 12.8. The number of carbonyl (C=O) groups is 3. The van der Waals surface area contributed by atoms with Crippen molar-refractivity contribution in [2.45, 2.75) is 93.1 Å². The molecule has 1 fully saturated rings. The number of carbonyl (C=O) groups excluding carboxylic acids is 3. The van der Waals surface area contributed by atoms with Crippen LogP contribution < -0.4 is 116 Å². The molecule has 1 aliphatic rings. The maximum atomic E-state index is 12.8. The molecule has 1 aromatic rings. The summed E-state index contributed by atoms with van der Waals surface area (Å²) < 4.78 is 0. The Labute approximate surface area is 321 Å². The summed E-state index contributed by atoms with van der Waals surface area (Å²) in [6.07, 6.45) is 1.34. The molecular weight excluding hydrogens is 613 g/mol. The molecule has 37 heavy (non-hydrogen) atoms. The van der Waals surface area contributed by atoms with Crippen LogP contribution in [0.4, 0.5) is 5.69 Å². The third-order valence-corrected chi connectivity index (χ3v) is 6.52. The van der Waals surface area contributed by atoms with Gasteiger partial charge in [0.2, 0.25) is 11.8 Å². The molecular formula is C28H43N3O4Rb2. The molecule has 0 aromatic heterocycles. The molecule has 7 nitrogen and oxygen atoms in total. The summed E-state index contributed by atoms with van der Waals surface area (Å²) in [5.74, 6) is 0.0591. The Kier molecular flexibility index (Phi) is 16.5. The van der Waals surface area contributed by atoms with Gasteiger partial charge in [-0.3, -0.25) is 14.5 Å². The van der Waals surface area contributed by atoms with Crippen molar-refractivity contribution in [2.75, 3.05) is 13.1 Å². The average Bonchev–Trinajstić information content (AvgIpc) is 2.74. The largest absolute Gasteiger partial charge is 1.00 e. The Hall–Kier alpha value is 1.20. The normalized spacial score (nSPS) is 14.8. The molecule has 0 aliphatic carbocycles. The van der Waals surface area contributed by atoms with Crippen LogP contribution in [-0.2, 0) is 24.6 Å². The van der Waals surface area contributed by atoms with E-state index in [1.807, 2.05) is 72.7 Å². The van der Waals surface area contributed by atoms with Gasteiger partial charge in [0.1, 0.15) is 0 Å². The van der Waals surface area contributed by atoms with Gasteiger partial charge in [-0.25, -0.2) is 0 Å². The Balaban J connectivity index is 0.00000648. The molecule has 196 valence electrons. The fourth-order valence-electron chi connectivity index (χ4n) is 4.62. The van der Waals surface area contributed by atoms with Crippen LogP contribution in [0.25, 0.3) is 10.8 Å². The summed E-state index contributed by atoms with van der Waals surface area (Å²) in [6, 6.07) is 7.79. The molecule has 1 unspecified atom stereocenters. The van der Waals surface area contributed by atoms with E-state index in [9.17, 15) is 14.4 Å². The van der Waals surface area contributed by atoms with Crippen molar-refractivity contribution >= 4 is 23.4 Å². The van der Waals surface area contributed by atoms with Crippen LogP contribution in [0.3, 0.4) is 0 Å². The van der Waals surface area contributed by atoms with Crippen LogP contribution >= 0.6 is 0 Å². The van der Waals surface area contributed by atoms with Crippen LogP contribution in [0.5, 0.6) is 0 Å². The van der Waals surface area contributed by atoms with Crippen LogP contribution in [0.1, 0.15) is 87.1 Å². The Morgan fingerprint density at radius 1 is 0.973 bits per heavy atom. The van der Waals surface area contributed by atoms with Crippen molar-refractivity contribution in [3.63, 3.8) is 0 Å². The van der Waals surface area contributed by atoms with Crippen LogP contribution in [0, 0.1) is 16.7 Å². The van der Waals surface area contributed by atoms with E-state index < -0.39 is 10.8 Å². The zero-order chi connectivity index (χ0) is 26.6. The van der Waals surface area contributed by atoms with Crippen molar-refractivity contribution in [2.24, 2.45) is 16.7 Å². The molecule has 9 heteroatoms. The fourth-order valence-corrected chi connectivity index (χ4v) is 4.62. The minimum Gasteiger partial charge on any atom is -0.653 e. The number of benzene rings is 1. The summed E-state index contributed by atoms with van der Waals surface area (Å²) in [5.41, 5.74) is 4.50. The second-order valence-electron chi connectivity index (χ2n) is 12.2. The molecule has 3 amide bonds. The molecule has 0 saturated carbocycles. The number of β-lactam (4-membered cyclic amide) rings is 1. The van der Waals surface area contributed by atoms with Crippen molar-refractivity contribution in [3.8, 4) is 0 Å². The van der Waals surface area contributed by atoms with E-state index >= 15 is 0 Å². The first-order valence-corrected chi connectivity index (χ1v) is 12.6. The first-order valence-electron chi connectivity index (χ1n) is 12.6. The molecule has 1 heterocycles. The number of nitrogens with zero attached hydrogens (tertiary/aromatic N) is 3. The minimum atomic E-state index is -0.646. The summed E-state index contributed by atoms with van der Waals surface area (Å²) in [5, 5.41) is 4.19. The Bertz CT molecular complexity index is 915. The molecule has 1 atom stereocenters. The molecule has 0 N–H and O–H groups in total. The third-order valence-electron chi connectivity index (χ3n) is 6.52. The minimum absolute atomic E-state index is 0. The van der Waals surface area contributed by atoms with Crippen molar-refractivity contribution in [1.82, 2.24) is 4.90 Å². The van der Waals surface area contributed by atoms with Crippen molar-refractivity contribution in [1.29, 1.82) is 0 Å². The SMILES string of the molecule is CC(C)C[N-]C(=O)C(C)(C)CC(C)O[N-]c1ccc(C(C)(C)CC(C)(C)C(=O)N2CCC2=O)cc1.[Rb+].[Rb+]. The Morgan fingerprint density at radius 3 is 2.00 bits per heavy atom. The number of hydrogen-bond donors (Lipinski definition) is 0. The summed E-state index contributed by atoms with van der Waals surface area (Å²) in [4.78, 5) is 44.0. The first-order chi connectivity index (χ1) is 16.0. The number of likely N-dealkylation sites (tertiary alicyclic amines) is 1. The van der Waals surface area contributed by atoms with Gasteiger partial charge in [-0.15, -0.1) is 12.2 Å². The van der Waals surface area contributed by atoms with Crippen molar-refractivity contribution < 1.29 is 136 Å². The smallest absolute Gasteiger partial charge is 0.653 e. The van der Waals surface area contributed by atoms with E-state index in [1.54, 1.807) is 0 Å². The van der Waals surface area contributed by atoms with Crippen molar-refractivity contribution in [3.05, 3.63) is 40.6 Å². The zero-order valence-corrected chi connectivity index (χ0v) is 34.8. The van der Waals surface area contributed by atoms with E-state index in [1.165, 1.54) is 4.90 Å². The number of rotatable bonds is 12. The van der Waals surface area contributed by atoms with Crippen LogP contribution in [0.15, 0.2) is 24.3 Å². The fraction of sp³-hybridized carbons (Fsp3) is 0.679. The standard InChI is InChI=1S/C28H44N3O4.2Rb/c1-19(2)17-29-24(33)26(4,5)16-20(3)35-30-22-12-10-21(11-13-22)27(6,7)18-28(8,9)25(34)31-15-14-23(31)32;;/h10-13,19-20H,14-18H2,1-9H3,(H,29,33);;/q-1;2*+1/p-1. The van der Waals surface area contributed by atoms with E-state index in [2.05, 4.69) is 24.6 Å². The van der Waals surface area contributed by atoms with E-state index in [4.69, 9.17) is 4.84 Å². The number of imide groups is 1. The van der Waals surface area contributed by atoms with E-state index in [0.717, 1.165) is 5.56 Å². The van der Waals surface area contributed by atoms with Crippen LogP contribution in [-0.4, -0.2) is 41.8 Å². The van der Waals surface area contributed by atoms with Gasteiger partial charge >= 0.3 is 116 Å². The van der Waals surface area contributed by atoms with Gasteiger partial charge in [-0.2, -0.15) is 0 Å². The monoisotopic (exact) mass is 655 g/mol. The van der Waals surface area contributed by atoms with E-state index in [0.29, 0.717) is 44.0 Å². The quantitative estimate of drug-likeness (QED) is 0.242. The number of hydrogen-bond acceptors (Lipinski definition) is 4. The van der Waals surface area contributed by atoms with Gasteiger partial charge in [0.05, 0.1) is 5.91 Å². The van der Waals surface area contributed by atoms with Gasteiger partial charge in [-0.1, -0.05) is 85.6 Å². The van der Waals surface area contributed by atoms with Gasteiger partial charge < -0.3 is 20.4 Å². The van der Waals surface area contributed by atoms with Gasteiger partial charge in [0.15, 0.2) is 0 Å². The van der Waals surface area contributed by atoms with Crippen LogP contribution in [0.2, 0.25) is 0 Å². The predicted octanol–water partition coefficient (Wildman–Crippen LogP) is 0.445. The third kappa shape index (κ3) is 11.5. The van der Waals surface area contributed by atoms with Gasteiger partial charge in [0, 0.05) is 29.9 Å². The van der Waals surface area contributed by atoms with Gasteiger partial charge in [0.25, 0.3) is 0 Å². The second-order valence-corrected chi connectivity index (χ2v) is 12.2. The second kappa shape index (κ2) is 16.0. The molecule has 1 saturated heterocycles. The molecule has 1 aliphatic heterocycles. The summed E-state index contributed by atoms with van der Waals surface area (Å²) >= 11 is 0. The first kappa shape index (κ1) is 38.2. The zero-order valence-electron chi connectivity index (χ0n) is 25.0. The molecule has 0 radical (unpaired) electrons. The summed E-state index contributed by atoms with van der Waals surface area (Å²) in [7, 11) is 0. The topological polar surface area (TPSA) is 91.9 Å². The molecule has 0 bridgehead atoms. The molecule has 2 rings (SSSR count). The average molecular weight is 657 g/mol. The maximum Gasteiger partial charge on any atom is 1.00 e. The Morgan fingerprint density at radius 2 is 1.54 bits per heavy atom.